The highest BCUT2D eigenvalue weighted by Crippen LogP contribution is 2.54. The summed E-state index contributed by atoms with van der Waals surface area (Å²) in [4.78, 5) is 15.6. The minimum absolute atomic E-state index is 0.00308. The van der Waals surface area contributed by atoms with Crippen LogP contribution in [0.25, 0.3) is 0 Å². The first-order chi connectivity index (χ1) is 22.7. The maximum Gasteiger partial charge on any atom is 0.362 e. The number of hydrogen-bond acceptors (Lipinski definition) is 8. The molecule has 0 aliphatic carbocycles. The van der Waals surface area contributed by atoms with E-state index in [0.29, 0.717) is 12.1 Å². The first kappa shape index (κ1) is 33.1. The third-order valence-corrected chi connectivity index (χ3v) is 11.0. The second kappa shape index (κ2) is 14.1. The Balaban J connectivity index is 1.41. The molecule has 47 heavy (non-hydrogen) atoms. The van der Waals surface area contributed by atoms with Crippen LogP contribution in [0, 0.1) is 0 Å². The van der Waals surface area contributed by atoms with Crippen LogP contribution in [0.3, 0.4) is 0 Å². The molecule has 0 spiro atoms. The minimum Gasteiger partial charge on any atom is -0.369 e. The van der Waals surface area contributed by atoms with Crippen LogP contribution in [-0.4, -0.2) is 78.7 Å². The van der Waals surface area contributed by atoms with Crippen molar-refractivity contribution < 1.29 is 13.8 Å². The van der Waals surface area contributed by atoms with Crippen LogP contribution < -0.4 is 10.6 Å². The summed E-state index contributed by atoms with van der Waals surface area (Å²) in [6.07, 6.45) is 4.21. The van der Waals surface area contributed by atoms with Gasteiger partial charge >= 0.3 is 6.87 Å². The molecule has 2 aliphatic heterocycles. The molecule has 2 N–H and O–H groups in total. The van der Waals surface area contributed by atoms with Gasteiger partial charge in [-0.05, 0) is 42.0 Å². The van der Waals surface area contributed by atoms with Gasteiger partial charge in [0.25, 0.3) is 0 Å². The Hall–Kier alpha value is -3.83. The highest BCUT2D eigenvalue weighted by molar-refractivity contribution is 7.83. The minimum atomic E-state index is -3.56. The second-order valence-electron chi connectivity index (χ2n) is 12.0. The quantitative estimate of drug-likeness (QED) is 0.0805. The van der Waals surface area contributed by atoms with E-state index in [0.717, 1.165) is 22.5 Å². The van der Waals surface area contributed by atoms with E-state index in [2.05, 4.69) is 62.0 Å². The van der Waals surface area contributed by atoms with Crippen molar-refractivity contribution in [3.8, 4) is 0 Å². The molecular formula is C34H40ClN8O3P. The molecule has 0 amide bonds. The van der Waals surface area contributed by atoms with Crippen molar-refractivity contribution in [2.24, 2.45) is 9.98 Å². The average Bonchev–Trinajstić information content (AvgIpc) is 3.70. The third kappa shape index (κ3) is 6.92. The molecular weight excluding hydrogens is 635 g/mol. The molecule has 1 fully saturated rings. The van der Waals surface area contributed by atoms with Crippen molar-refractivity contribution in [2.45, 2.75) is 36.5 Å². The second-order valence-corrected chi connectivity index (χ2v) is 15.2. The van der Waals surface area contributed by atoms with Gasteiger partial charge in [-0.25, -0.2) is 19.6 Å². The van der Waals surface area contributed by atoms with Crippen molar-refractivity contribution in [3.63, 3.8) is 0 Å². The van der Waals surface area contributed by atoms with Gasteiger partial charge in [0.2, 0.25) is 0 Å². The number of nitrogens with one attached hydrogen (secondary N) is 2. The predicted molar refractivity (Wildman–Crippen MR) is 187 cm³/mol. The summed E-state index contributed by atoms with van der Waals surface area (Å²) in [5, 5.41) is 7.30. The fourth-order valence-corrected chi connectivity index (χ4v) is 6.79. The fraction of sp³-hybridized carbons (Fsp3) is 0.324. The zero-order valence-corrected chi connectivity index (χ0v) is 28.5. The van der Waals surface area contributed by atoms with E-state index in [1.54, 1.807) is 33.1 Å². The van der Waals surface area contributed by atoms with Crippen LogP contribution in [0.15, 0.2) is 107 Å². The van der Waals surface area contributed by atoms with Gasteiger partial charge in [0.05, 0.1) is 37.3 Å². The Bertz CT molecular complexity index is 1640. The highest BCUT2D eigenvalue weighted by Gasteiger charge is 2.46. The Morgan fingerprint density at radius 2 is 1.60 bits per heavy atom. The average molecular weight is 675 g/mol. The van der Waals surface area contributed by atoms with Gasteiger partial charge in [-0.3, -0.25) is 14.4 Å². The monoisotopic (exact) mass is 674 g/mol. The van der Waals surface area contributed by atoms with Crippen LogP contribution in [-0.2, 0) is 19.4 Å². The molecule has 5 unspecified atom stereocenters. The van der Waals surface area contributed by atoms with Gasteiger partial charge in [-0.2, -0.15) is 0 Å². The number of fused-ring (bicyclic) bond motifs is 1. The van der Waals surface area contributed by atoms with Gasteiger partial charge in [0.15, 0.2) is 6.17 Å². The predicted octanol–water partition coefficient (Wildman–Crippen LogP) is 6.09. The zero-order valence-electron chi connectivity index (χ0n) is 26.8. The Labute approximate surface area is 280 Å². The fourth-order valence-electron chi connectivity index (χ4n) is 6.06. The Morgan fingerprint density at radius 3 is 2.13 bits per heavy atom. The van der Waals surface area contributed by atoms with Crippen molar-refractivity contribution >= 4 is 36.6 Å². The summed E-state index contributed by atoms with van der Waals surface area (Å²) in [5.41, 5.74) is 3.13. The molecule has 13 heteroatoms. The smallest absolute Gasteiger partial charge is 0.362 e. The molecule has 6 rings (SSSR count). The first-order valence-electron chi connectivity index (χ1n) is 15.5. The number of aliphatic imine (C=N–C) groups is 2. The number of halogens is 1. The molecule has 2 aliphatic rings. The molecule has 11 nitrogen and oxygen atoms in total. The number of benzene rings is 3. The summed E-state index contributed by atoms with van der Waals surface area (Å²) in [5.74, 6) is 0.753. The maximum atomic E-state index is 13.1. The van der Waals surface area contributed by atoms with E-state index in [1.807, 2.05) is 78.2 Å². The van der Waals surface area contributed by atoms with Gasteiger partial charge in [0, 0.05) is 26.6 Å². The highest BCUT2D eigenvalue weighted by atomic mass is 35.7. The van der Waals surface area contributed by atoms with Gasteiger partial charge in [0.1, 0.15) is 17.7 Å². The van der Waals surface area contributed by atoms with Crippen LogP contribution in [0.4, 0.5) is 5.82 Å². The summed E-state index contributed by atoms with van der Waals surface area (Å²) >= 11 is 6.34. The number of aromatic nitrogens is 2. The van der Waals surface area contributed by atoms with Gasteiger partial charge in [-0.15, -0.1) is 0 Å². The third-order valence-electron chi connectivity index (χ3n) is 8.37. The van der Waals surface area contributed by atoms with Gasteiger partial charge < -0.3 is 19.5 Å². The topological polar surface area (TPSA) is 109 Å². The standard InChI is InChI=1S/C34H40ClN8O3P/c1-41(2)23-39-32-31-33(37-22-36-32)43(24-38-31)30-20-28(29(46-30)21-45-47(35,44)42(3)4)40-34(25-14-8-5-9-15-25,26-16-10-6-11-17-26)27-18-12-7-13-19-27/h5-19,22-24,28-30,32,40H,20-21H2,1-4H3,(H,36,37)/b39-23-. The molecule has 0 bridgehead atoms. The van der Waals surface area contributed by atoms with E-state index >= 15 is 0 Å². The molecule has 1 aromatic heterocycles. The first-order valence-corrected chi connectivity index (χ1v) is 17.9. The lowest BCUT2D eigenvalue weighted by Crippen LogP contribution is -2.53. The number of ether oxygens (including phenoxy) is 1. The molecule has 1 saturated heterocycles. The van der Waals surface area contributed by atoms with Gasteiger partial charge in [-0.1, -0.05) is 91.0 Å². The lowest BCUT2D eigenvalue weighted by molar-refractivity contribution is -0.0222. The number of nitrogens with zero attached hydrogens (tertiary/aromatic N) is 6. The van der Waals surface area contributed by atoms with Crippen LogP contribution in [0.5, 0.6) is 0 Å². The number of imidazole rings is 1. The number of rotatable bonds is 12. The molecule has 0 radical (unpaired) electrons. The van der Waals surface area contributed by atoms with Crippen LogP contribution >= 0.6 is 18.1 Å². The molecule has 246 valence electrons. The molecule has 5 atom stereocenters. The van der Waals surface area contributed by atoms with Crippen molar-refractivity contribution in [2.75, 3.05) is 40.1 Å². The molecule has 4 aromatic rings. The van der Waals surface area contributed by atoms with E-state index in [4.69, 9.17) is 20.5 Å². The maximum absolute atomic E-state index is 13.1. The molecule has 0 saturated carbocycles. The van der Waals surface area contributed by atoms with Crippen molar-refractivity contribution in [1.29, 1.82) is 0 Å². The SMILES string of the molecule is CN(C)/C=N\C1N=CNc2c1ncn2C1CC(NC(c2ccccc2)(c2ccccc2)c2ccccc2)C(COP(=O)(Cl)N(C)C)O1. The summed E-state index contributed by atoms with van der Waals surface area (Å²) < 4.78 is 29.1. The van der Waals surface area contributed by atoms with Crippen LogP contribution in [0.1, 0.15) is 41.2 Å². The summed E-state index contributed by atoms with van der Waals surface area (Å²) in [6, 6.07) is 30.9. The number of anilines is 1. The van der Waals surface area contributed by atoms with Crippen molar-refractivity contribution in [1.82, 2.24) is 24.4 Å². The molecule has 3 aromatic carbocycles. The lowest BCUT2D eigenvalue weighted by atomic mass is 9.76. The Morgan fingerprint density at radius 1 is 1.02 bits per heavy atom. The van der Waals surface area contributed by atoms with E-state index in [9.17, 15) is 4.57 Å². The summed E-state index contributed by atoms with van der Waals surface area (Å²) in [6.45, 7) is -3.56. The number of hydrogen-bond donors (Lipinski definition) is 2. The largest absolute Gasteiger partial charge is 0.369 e. The van der Waals surface area contributed by atoms with Crippen LogP contribution in [0.2, 0.25) is 0 Å². The van der Waals surface area contributed by atoms with E-state index < -0.39 is 30.9 Å². The van der Waals surface area contributed by atoms with E-state index in [1.165, 1.54) is 4.67 Å². The summed E-state index contributed by atoms with van der Waals surface area (Å²) in [7, 11) is 7.08. The lowest BCUT2D eigenvalue weighted by Gasteiger charge is -2.40. The van der Waals surface area contributed by atoms with E-state index in [-0.39, 0.29) is 12.6 Å². The zero-order chi connectivity index (χ0) is 33.0. The molecule has 3 heterocycles. The van der Waals surface area contributed by atoms with Crippen molar-refractivity contribution in [3.05, 3.63) is 120 Å². The Kier molecular flexibility index (Phi) is 9.93. The normalized spacial score (nSPS) is 22.3.